The van der Waals surface area contributed by atoms with Crippen LogP contribution in [0.1, 0.15) is 101 Å². The van der Waals surface area contributed by atoms with E-state index >= 15 is 0 Å². The van der Waals surface area contributed by atoms with Crippen LogP contribution < -0.4 is 11.1 Å². The third kappa shape index (κ3) is 9.55. The van der Waals surface area contributed by atoms with E-state index in [1.54, 1.807) is 6.92 Å². The Bertz CT molecular complexity index is 1240. The van der Waals surface area contributed by atoms with Crippen LogP contribution in [0.5, 0.6) is 0 Å². The zero-order valence-electron chi connectivity index (χ0n) is 27.1. The average molecular weight is 638 g/mol. The number of carbonyl (C=O) groups excluding carboxylic acids is 3. The molecule has 1 saturated heterocycles. The van der Waals surface area contributed by atoms with Crippen molar-refractivity contribution in [1.82, 2.24) is 10.2 Å². The fraction of sp³-hybridized carbons (Fsp3) is 0.595. The number of nitrogens with one attached hydrogen (secondary N) is 1. The highest BCUT2D eigenvalue weighted by Gasteiger charge is 2.40. The summed E-state index contributed by atoms with van der Waals surface area (Å²) in [6.45, 7) is 6.62. The second-order valence-electron chi connectivity index (χ2n) is 13.3. The predicted octanol–water partition coefficient (Wildman–Crippen LogP) is 6.80. The molecule has 0 bridgehead atoms. The Balaban J connectivity index is 0.000000854. The molecule has 2 aliphatic carbocycles. The third-order valence-corrected chi connectivity index (χ3v) is 10.7. The van der Waals surface area contributed by atoms with Crippen LogP contribution in [0.2, 0.25) is 5.02 Å². The van der Waals surface area contributed by atoms with Crippen LogP contribution in [0.4, 0.5) is 0 Å². The number of halogens is 1. The number of rotatable bonds is 8. The number of aryl methyl sites for hydroxylation is 1. The number of nitrogens with zero attached hydrogens (tertiary/aromatic N) is 1. The van der Waals surface area contributed by atoms with Crippen LogP contribution in [-0.2, 0) is 32.0 Å². The first kappa shape index (κ1) is 35.0. The lowest BCUT2D eigenvalue weighted by atomic mass is 9.65. The van der Waals surface area contributed by atoms with Crippen LogP contribution in [0.15, 0.2) is 48.5 Å². The fourth-order valence-corrected chi connectivity index (χ4v) is 7.65. The van der Waals surface area contributed by atoms with Gasteiger partial charge >= 0.3 is 0 Å². The number of hydrogen-bond acceptors (Lipinski definition) is 5. The quantitative estimate of drug-likeness (QED) is 0.310. The minimum atomic E-state index is -0.624. The number of carbonyl (C=O) groups is 3. The normalized spacial score (nSPS) is 22.4. The van der Waals surface area contributed by atoms with Gasteiger partial charge in [0.25, 0.3) is 6.47 Å². The molecule has 1 aliphatic heterocycles. The van der Waals surface area contributed by atoms with Gasteiger partial charge in [0.2, 0.25) is 11.8 Å². The lowest BCUT2D eigenvalue weighted by Gasteiger charge is -2.46. The molecule has 2 fully saturated rings. The van der Waals surface area contributed by atoms with E-state index in [0.29, 0.717) is 29.9 Å². The summed E-state index contributed by atoms with van der Waals surface area (Å²) in [6.07, 6.45) is 12.9. The minimum Gasteiger partial charge on any atom is -0.468 e. The summed E-state index contributed by atoms with van der Waals surface area (Å²) in [5, 5.41) is 3.86. The molecule has 3 aliphatic rings. The molecule has 5 rings (SSSR count). The highest BCUT2D eigenvalue weighted by Crippen LogP contribution is 2.45. The molecule has 246 valence electrons. The van der Waals surface area contributed by atoms with Crippen LogP contribution in [0.3, 0.4) is 0 Å². The molecular weight excluding hydrogens is 586 g/mol. The average Bonchev–Trinajstić information content (AvgIpc) is 3.05. The minimum absolute atomic E-state index is 0.0220. The van der Waals surface area contributed by atoms with E-state index in [1.165, 1.54) is 37.7 Å². The number of ether oxygens (including phenoxy) is 1. The maximum atomic E-state index is 14.0. The first-order valence-corrected chi connectivity index (χ1v) is 17.4. The van der Waals surface area contributed by atoms with Crippen molar-refractivity contribution >= 4 is 29.9 Å². The molecule has 8 heteroatoms. The van der Waals surface area contributed by atoms with Crippen molar-refractivity contribution in [3.05, 3.63) is 70.2 Å². The Morgan fingerprint density at radius 3 is 2.33 bits per heavy atom. The van der Waals surface area contributed by atoms with Gasteiger partial charge in [-0.2, -0.15) is 0 Å². The lowest BCUT2D eigenvalue weighted by Crippen LogP contribution is -2.55. The highest BCUT2D eigenvalue weighted by atomic mass is 35.5. The number of nitrogens with two attached hydrogens (primary N) is 1. The molecular formula is C37H52ClN3O4. The van der Waals surface area contributed by atoms with Crippen LogP contribution in [-0.4, -0.2) is 48.9 Å². The van der Waals surface area contributed by atoms with Crippen LogP contribution in [0, 0.1) is 17.3 Å². The lowest BCUT2D eigenvalue weighted by molar-refractivity contribution is -0.140. The van der Waals surface area contributed by atoms with E-state index < -0.39 is 6.04 Å². The highest BCUT2D eigenvalue weighted by molar-refractivity contribution is 6.30. The summed E-state index contributed by atoms with van der Waals surface area (Å²) in [7, 11) is 0. The number of fused-ring (bicyclic) bond motifs is 1. The van der Waals surface area contributed by atoms with E-state index in [-0.39, 0.29) is 23.8 Å². The van der Waals surface area contributed by atoms with Gasteiger partial charge in [0.1, 0.15) is 6.04 Å². The summed E-state index contributed by atoms with van der Waals surface area (Å²) >= 11 is 6.14. The van der Waals surface area contributed by atoms with Gasteiger partial charge in [-0.3, -0.25) is 14.4 Å². The Labute approximate surface area is 274 Å². The molecule has 0 spiro atoms. The fourth-order valence-electron chi connectivity index (χ4n) is 7.53. The molecule has 0 radical (unpaired) electrons. The van der Waals surface area contributed by atoms with Crippen molar-refractivity contribution in [2.45, 2.75) is 103 Å². The van der Waals surface area contributed by atoms with Gasteiger partial charge in [0.15, 0.2) is 0 Å². The number of benzene rings is 2. The van der Waals surface area contributed by atoms with E-state index in [4.69, 9.17) is 17.3 Å². The van der Waals surface area contributed by atoms with Crippen molar-refractivity contribution in [1.29, 1.82) is 0 Å². The Morgan fingerprint density at radius 1 is 1.02 bits per heavy atom. The Morgan fingerprint density at radius 2 is 1.69 bits per heavy atom. The van der Waals surface area contributed by atoms with Crippen molar-refractivity contribution < 1.29 is 19.1 Å². The van der Waals surface area contributed by atoms with Gasteiger partial charge in [0, 0.05) is 30.6 Å². The summed E-state index contributed by atoms with van der Waals surface area (Å²) in [6, 6.07) is 14.8. The van der Waals surface area contributed by atoms with Crippen molar-refractivity contribution in [3.63, 3.8) is 0 Å². The standard InChI is InChI=1S/C34H46ClN3O2.C3H6O2/c1-34(26-11-3-2-4-12-26)19-21-38(22-20-34)33(40)30(23-24-15-17-27(35)18-16-24)37-32(39)29-14-8-6-10-25-9-5-7-13-28(25)31(29)36;1-2-5-3-4/h5,7,9,13,15-18,26,29-31H,2-4,6,8,10-12,14,19-23,36H2,1H3,(H,37,39);3H,2H2,1H3/t29?,30-,31?;/m1./s1. The van der Waals surface area contributed by atoms with Gasteiger partial charge < -0.3 is 20.7 Å². The maximum absolute atomic E-state index is 14.0. The van der Waals surface area contributed by atoms with E-state index in [0.717, 1.165) is 68.7 Å². The first-order valence-electron chi connectivity index (χ1n) is 17.0. The monoisotopic (exact) mass is 637 g/mol. The Kier molecular flexibility index (Phi) is 13.3. The zero-order chi connectivity index (χ0) is 32.2. The molecule has 2 unspecified atom stereocenters. The number of likely N-dealkylation sites (tertiary alicyclic amines) is 1. The second-order valence-corrected chi connectivity index (χ2v) is 13.8. The van der Waals surface area contributed by atoms with Gasteiger partial charge in [-0.25, -0.2) is 0 Å². The molecule has 2 amide bonds. The van der Waals surface area contributed by atoms with Gasteiger partial charge in [-0.1, -0.05) is 80.6 Å². The van der Waals surface area contributed by atoms with Crippen molar-refractivity contribution in [3.8, 4) is 0 Å². The number of hydrogen-bond donors (Lipinski definition) is 2. The molecule has 1 saturated carbocycles. The van der Waals surface area contributed by atoms with Gasteiger partial charge in [0.05, 0.1) is 12.5 Å². The van der Waals surface area contributed by atoms with E-state index in [1.807, 2.05) is 41.3 Å². The third-order valence-electron chi connectivity index (χ3n) is 10.4. The zero-order valence-corrected chi connectivity index (χ0v) is 27.9. The summed E-state index contributed by atoms with van der Waals surface area (Å²) in [5.41, 5.74) is 10.3. The summed E-state index contributed by atoms with van der Waals surface area (Å²) < 4.78 is 4.15. The summed E-state index contributed by atoms with van der Waals surface area (Å²) in [5.74, 6) is 0.319. The first-order chi connectivity index (χ1) is 21.8. The molecule has 3 atom stereocenters. The van der Waals surface area contributed by atoms with Crippen molar-refractivity contribution in [2.24, 2.45) is 23.0 Å². The molecule has 2 aromatic carbocycles. The molecule has 45 heavy (non-hydrogen) atoms. The van der Waals surface area contributed by atoms with Gasteiger partial charge in [-0.05, 0) is 92.0 Å². The summed E-state index contributed by atoms with van der Waals surface area (Å²) in [4.78, 5) is 39.1. The smallest absolute Gasteiger partial charge is 0.293 e. The molecule has 1 heterocycles. The van der Waals surface area contributed by atoms with Gasteiger partial charge in [-0.15, -0.1) is 0 Å². The number of piperidine rings is 1. The molecule has 7 nitrogen and oxygen atoms in total. The largest absolute Gasteiger partial charge is 0.468 e. The van der Waals surface area contributed by atoms with E-state index in [9.17, 15) is 14.4 Å². The molecule has 2 aromatic rings. The number of amides is 2. The molecule has 0 aromatic heterocycles. The van der Waals surface area contributed by atoms with Crippen LogP contribution >= 0.6 is 11.6 Å². The Hall–Kier alpha value is -2.90. The van der Waals surface area contributed by atoms with Crippen molar-refractivity contribution in [2.75, 3.05) is 19.7 Å². The maximum Gasteiger partial charge on any atom is 0.293 e. The van der Waals surface area contributed by atoms with E-state index in [2.05, 4.69) is 29.1 Å². The van der Waals surface area contributed by atoms with Crippen LogP contribution in [0.25, 0.3) is 0 Å². The SMILES string of the molecule is CC1(C2CCCCC2)CCN(C(=O)[C@@H](Cc2ccc(Cl)cc2)NC(=O)C2CCCCc3ccccc3C2N)CC1.CCOC=O. The molecule has 3 N–H and O–H groups in total. The second kappa shape index (κ2) is 17.1. The predicted molar refractivity (Wildman–Crippen MR) is 180 cm³/mol. The topological polar surface area (TPSA) is 102 Å².